The van der Waals surface area contributed by atoms with Crippen LogP contribution in [0.25, 0.3) is 10.9 Å². The van der Waals surface area contributed by atoms with Gasteiger partial charge in [0, 0.05) is 31.8 Å². The predicted octanol–water partition coefficient (Wildman–Crippen LogP) is 4.54. The van der Waals surface area contributed by atoms with Crippen LogP contribution in [0.4, 0.5) is 0 Å². The number of fused-ring (bicyclic) bond motifs is 1. The average molecular weight is 443 g/mol. The van der Waals surface area contributed by atoms with Gasteiger partial charge in [-0.1, -0.05) is 26.0 Å². The first kappa shape index (κ1) is 25.6. The van der Waals surface area contributed by atoms with Crippen molar-refractivity contribution < 1.29 is 14.2 Å². The fourth-order valence-corrected chi connectivity index (χ4v) is 3.18. The highest BCUT2D eigenvalue weighted by Gasteiger charge is 2.17. The summed E-state index contributed by atoms with van der Waals surface area (Å²) in [7, 11) is 6.25. The highest BCUT2D eigenvalue weighted by molar-refractivity contribution is 5.91. The first-order valence-electron chi connectivity index (χ1n) is 11.2. The van der Waals surface area contributed by atoms with E-state index in [0.29, 0.717) is 35.3 Å². The minimum absolute atomic E-state index is 0.0439. The van der Waals surface area contributed by atoms with E-state index in [4.69, 9.17) is 14.2 Å². The summed E-state index contributed by atoms with van der Waals surface area (Å²) in [6, 6.07) is 3.81. The molecule has 0 saturated carbocycles. The molecule has 1 atom stereocenters. The Kier molecular flexibility index (Phi) is 10.4. The minimum atomic E-state index is 0.0439. The van der Waals surface area contributed by atoms with Gasteiger partial charge in [0.05, 0.1) is 11.6 Å². The third-order valence-corrected chi connectivity index (χ3v) is 4.91. The van der Waals surface area contributed by atoms with Crippen molar-refractivity contribution in [3.63, 3.8) is 0 Å². The van der Waals surface area contributed by atoms with Crippen molar-refractivity contribution in [2.75, 3.05) is 47.4 Å². The summed E-state index contributed by atoms with van der Waals surface area (Å²) in [5.41, 5.74) is 0.709. The number of hydrogen-bond donors (Lipinski definition) is 0. The molecule has 1 unspecified atom stereocenters. The second kappa shape index (κ2) is 13.0. The van der Waals surface area contributed by atoms with Crippen LogP contribution in [0.5, 0.6) is 17.4 Å². The molecule has 0 N–H and O–H groups in total. The number of hydrogen-bond acceptors (Lipinski definition) is 7. The quantitative estimate of drug-likeness (QED) is 0.314. The predicted molar refractivity (Wildman–Crippen MR) is 131 cm³/mol. The molecular formula is C25H38N4O3. The van der Waals surface area contributed by atoms with Gasteiger partial charge in [0.2, 0.25) is 5.88 Å². The number of aromatic nitrogens is 2. The van der Waals surface area contributed by atoms with Gasteiger partial charge in [-0.15, -0.1) is 0 Å². The van der Waals surface area contributed by atoms with Crippen LogP contribution in [0.3, 0.4) is 0 Å². The molecule has 0 saturated heterocycles. The first-order valence-corrected chi connectivity index (χ1v) is 11.2. The van der Waals surface area contributed by atoms with Gasteiger partial charge in [0.15, 0.2) is 0 Å². The van der Waals surface area contributed by atoms with Crippen LogP contribution < -0.4 is 14.2 Å². The van der Waals surface area contributed by atoms with Gasteiger partial charge in [0.25, 0.3) is 0 Å². The second-order valence-electron chi connectivity index (χ2n) is 8.23. The highest BCUT2D eigenvalue weighted by Crippen LogP contribution is 2.37. The molecule has 0 amide bonds. The molecule has 32 heavy (non-hydrogen) atoms. The van der Waals surface area contributed by atoms with E-state index in [2.05, 4.69) is 61.3 Å². The summed E-state index contributed by atoms with van der Waals surface area (Å²) in [6.45, 7) is 13.4. The largest absolute Gasteiger partial charge is 0.492 e. The van der Waals surface area contributed by atoms with Crippen LogP contribution in [0.1, 0.15) is 33.6 Å². The van der Waals surface area contributed by atoms with Crippen LogP contribution in [-0.2, 0) is 0 Å². The number of nitrogens with zero attached hydrogens (tertiary/aromatic N) is 4. The van der Waals surface area contributed by atoms with Crippen molar-refractivity contribution in [2.45, 2.75) is 39.7 Å². The van der Waals surface area contributed by atoms with Crippen LogP contribution >= 0.6 is 0 Å². The molecule has 0 aliphatic carbocycles. The Morgan fingerprint density at radius 3 is 2.62 bits per heavy atom. The topological polar surface area (TPSA) is 60.0 Å². The molecule has 0 aliphatic rings. The molecule has 0 bridgehead atoms. The molecule has 0 fully saturated rings. The van der Waals surface area contributed by atoms with Crippen LogP contribution in [-0.4, -0.2) is 73.3 Å². The third-order valence-electron chi connectivity index (χ3n) is 4.91. The summed E-state index contributed by atoms with van der Waals surface area (Å²) >= 11 is 0. The normalized spacial score (nSPS) is 12.6. The molecule has 1 aromatic heterocycles. The lowest BCUT2D eigenvalue weighted by molar-refractivity contribution is 0.207. The van der Waals surface area contributed by atoms with E-state index < -0.39 is 0 Å². The van der Waals surface area contributed by atoms with Gasteiger partial charge in [-0.05, 0) is 47.5 Å². The lowest BCUT2D eigenvalue weighted by atomic mass is 10.2. The van der Waals surface area contributed by atoms with Gasteiger partial charge in [-0.3, -0.25) is 0 Å². The maximum atomic E-state index is 6.28. The Hall–Kier alpha value is -2.64. The number of ether oxygens (including phenoxy) is 3. The monoisotopic (exact) mass is 442 g/mol. The molecule has 0 spiro atoms. The van der Waals surface area contributed by atoms with Crippen molar-refractivity contribution >= 4 is 10.9 Å². The number of benzene rings is 1. The summed E-state index contributed by atoms with van der Waals surface area (Å²) in [4.78, 5) is 13.2. The first-order chi connectivity index (χ1) is 15.3. The molecule has 2 rings (SSSR count). The highest BCUT2D eigenvalue weighted by atomic mass is 16.5. The number of likely N-dealkylation sites (N-methyl/N-ethyl adjacent to an activating group) is 2. The summed E-state index contributed by atoms with van der Waals surface area (Å²) < 4.78 is 18.2. The smallest absolute Gasteiger partial charge is 0.233 e. The fourth-order valence-electron chi connectivity index (χ4n) is 3.18. The van der Waals surface area contributed by atoms with Gasteiger partial charge in [0.1, 0.15) is 35.6 Å². The molecular weight excluding hydrogens is 404 g/mol. The van der Waals surface area contributed by atoms with E-state index in [0.717, 1.165) is 37.9 Å². The van der Waals surface area contributed by atoms with Crippen molar-refractivity contribution in [3.8, 4) is 17.4 Å². The van der Waals surface area contributed by atoms with Crippen molar-refractivity contribution in [1.29, 1.82) is 0 Å². The van der Waals surface area contributed by atoms with E-state index in [-0.39, 0.29) is 6.10 Å². The Bertz CT molecular complexity index is 898. The number of allylic oxidation sites excluding steroid dienone is 2. The second-order valence-corrected chi connectivity index (χ2v) is 8.23. The Labute approximate surface area is 192 Å². The zero-order chi connectivity index (χ0) is 23.5. The van der Waals surface area contributed by atoms with Crippen LogP contribution in [0.2, 0.25) is 0 Å². The van der Waals surface area contributed by atoms with Crippen molar-refractivity contribution in [2.24, 2.45) is 0 Å². The van der Waals surface area contributed by atoms with E-state index in [9.17, 15) is 0 Å². The van der Waals surface area contributed by atoms with E-state index in [1.54, 1.807) is 6.08 Å². The van der Waals surface area contributed by atoms with Gasteiger partial charge < -0.3 is 24.0 Å². The van der Waals surface area contributed by atoms with Crippen molar-refractivity contribution in [1.82, 2.24) is 19.8 Å². The summed E-state index contributed by atoms with van der Waals surface area (Å²) in [6.07, 6.45) is 7.16. The molecule has 7 nitrogen and oxygen atoms in total. The summed E-state index contributed by atoms with van der Waals surface area (Å²) in [5.74, 6) is 2.30. The maximum absolute atomic E-state index is 6.28. The Morgan fingerprint density at radius 1 is 1.16 bits per heavy atom. The standard InChI is InChI=1S/C25H38N4O3/c1-8-10-19(3)31-23-17-21(30-15-14-29(7)13-12-28(5)6)16-22-24(23)25(27-18-26-22)32-20(4)11-9-2/h9,11,16-19H,4,8,10,12-15H2,1-3,5-7H3. The van der Waals surface area contributed by atoms with E-state index in [1.165, 1.54) is 6.33 Å². The van der Waals surface area contributed by atoms with E-state index >= 15 is 0 Å². The Morgan fingerprint density at radius 2 is 1.94 bits per heavy atom. The molecule has 176 valence electrons. The molecule has 7 heteroatoms. The van der Waals surface area contributed by atoms with Crippen LogP contribution in [0, 0.1) is 0 Å². The Balaban J connectivity index is 2.27. The summed E-state index contributed by atoms with van der Waals surface area (Å²) in [5, 5.41) is 0.719. The lowest BCUT2D eigenvalue weighted by Crippen LogP contribution is -2.31. The molecule has 0 aliphatic heterocycles. The molecule has 1 heterocycles. The number of rotatable bonds is 14. The van der Waals surface area contributed by atoms with Gasteiger partial charge in [-0.2, -0.15) is 0 Å². The molecule has 1 aromatic carbocycles. The van der Waals surface area contributed by atoms with Gasteiger partial charge >= 0.3 is 0 Å². The van der Waals surface area contributed by atoms with E-state index in [1.807, 2.05) is 25.1 Å². The van der Waals surface area contributed by atoms with Gasteiger partial charge in [-0.25, -0.2) is 9.97 Å². The lowest BCUT2D eigenvalue weighted by Gasteiger charge is -2.20. The zero-order valence-electron chi connectivity index (χ0n) is 20.4. The molecule has 2 aromatic rings. The minimum Gasteiger partial charge on any atom is -0.492 e. The zero-order valence-corrected chi connectivity index (χ0v) is 20.4. The van der Waals surface area contributed by atoms with Crippen molar-refractivity contribution in [3.05, 3.63) is 43.0 Å². The third kappa shape index (κ3) is 8.13. The SMILES string of the molecule is C=C(C=CC)Oc1ncnc2cc(OCCN(C)CCN(C)C)cc(OC(C)CCC)c12. The molecule has 0 radical (unpaired) electrons. The maximum Gasteiger partial charge on any atom is 0.233 e. The fraction of sp³-hybridized carbons (Fsp3) is 0.520. The van der Waals surface area contributed by atoms with Crippen LogP contribution in [0.15, 0.2) is 43.0 Å². The average Bonchev–Trinajstić information content (AvgIpc) is 2.72.